The molecule has 0 atom stereocenters. The minimum Gasteiger partial charge on any atom is -0.370 e. The van der Waals surface area contributed by atoms with Crippen molar-refractivity contribution in [3.63, 3.8) is 0 Å². The third-order valence-corrected chi connectivity index (χ3v) is 2.74. The summed E-state index contributed by atoms with van der Waals surface area (Å²) < 4.78 is 0. The number of nitrogens with one attached hydrogen (secondary N) is 2. The summed E-state index contributed by atoms with van der Waals surface area (Å²) in [6, 6.07) is 14.0. The molecule has 0 fully saturated rings. The van der Waals surface area contributed by atoms with Crippen LogP contribution in [-0.4, -0.2) is 16.8 Å². The van der Waals surface area contributed by atoms with Gasteiger partial charge in [-0.15, -0.1) is 0 Å². The van der Waals surface area contributed by atoms with E-state index in [1.807, 2.05) is 42.5 Å². The zero-order valence-corrected chi connectivity index (χ0v) is 9.85. The Bertz CT molecular complexity index is 591. The van der Waals surface area contributed by atoms with Crippen molar-refractivity contribution in [2.24, 2.45) is 11.5 Å². The Hall–Kier alpha value is -2.56. The summed E-state index contributed by atoms with van der Waals surface area (Å²) in [5, 5.41) is 17.0. The van der Waals surface area contributed by atoms with Crippen LogP contribution in [0.25, 0.3) is 10.8 Å². The molecule has 0 bridgehead atoms. The van der Waals surface area contributed by atoms with Crippen molar-refractivity contribution in [1.29, 1.82) is 10.8 Å². The lowest BCUT2D eigenvalue weighted by molar-refractivity contribution is 0.582. The molecule has 0 radical (unpaired) electrons. The van der Waals surface area contributed by atoms with Crippen LogP contribution in [0.15, 0.2) is 42.5 Å². The summed E-state index contributed by atoms with van der Waals surface area (Å²) in [4.78, 5) is 1.24. The molecule has 6 N–H and O–H groups in total. The number of hydrogen-bond acceptors (Lipinski definition) is 2. The number of rotatable bonds is 2. The fourth-order valence-electron chi connectivity index (χ4n) is 1.82. The van der Waals surface area contributed by atoms with E-state index >= 15 is 0 Å². The zero-order chi connectivity index (χ0) is 13.1. The lowest BCUT2D eigenvalue weighted by Crippen LogP contribution is -2.44. The molecule has 0 aliphatic carbocycles. The average Bonchev–Trinajstić information content (AvgIpc) is 2.35. The van der Waals surface area contributed by atoms with Crippen LogP contribution in [0.2, 0.25) is 0 Å². The Morgan fingerprint density at radius 1 is 0.944 bits per heavy atom. The Balaban J connectivity index is 2.31. The van der Waals surface area contributed by atoms with E-state index in [-0.39, 0.29) is 11.9 Å². The SMILES string of the molecule is N=C(N)N(Cc1ccc2ccccc2c1)C(=N)N. The Kier molecular flexibility index (Phi) is 3.14. The molecule has 0 spiro atoms. The third-order valence-electron chi connectivity index (χ3n) is 2.74. The third kappa shape index (κ3) is 2.40. The predicted octanol–water partition coefficient (Wildman–Crippen LogP) is 1.43. The van der Waals surface area contributed by atoms with Crippen LogP contribution in [0.1, 0.15) is 5.56 Å². The second-order valence-electron chi connectivity index (χ2n) is 4.04. The van der Waals surface area contributed by atoms with Gasteiger partial charge in [0.2, 0.25) is 0 Å². The standard InChI is InChI=1S/C13H15N5/c14-12(15)18(13(16)17)8-9-5-6-10-3-1-2-4-11(10)7-9/h1-7H,8H2,(H3,14,15)(H3,16,17). The first-order chi connectivity index (χ1) is 8.58. The van der Waals surface area contributed by atoms with Crippen LogP contribution in [-0.2, 0) is 6.54 Å². The van der Waals surface area contributed by atoms with Gasteiger partial charge in [-0.1, -0.05) is 36.4 Å². The highest BCUT2D eigenvalue weighted by Crippen LogP contribution is 2.16. The molecule has 0 amide bonds. The molecule has 2 aromatic carbocycles. The predicted molar refractivity (Wildman–Crippen MR) is 73.3 cm³/mol. The van der Waals surface area contributed by atoms with Gasteiger partial charge in [0, 0.05) is 0 Å². The van der Waals surface area contributed by atoms with Crippen molar-refractivity contribution in [2.75, 3.05) is 0 Å². The first kappa shape index (κ1) is 11.9. The molecule has 2 rings (SSSR count). The summed E-state index contributed by atoms with van der Waals surface area (Å²) in [6.45, 7) is 0.329. The first-order valence-corrected chi connectivity index (χ1v) is 5.51. The molecule has 5 heteroatoms. The lowest BCUT2D eigenvalue weighted by atomic mass is 10.1. The molecule has 0 saturated heterocycles. The highest BCUT2D eigenvalue weighted by molar-refractivity contribution is 5.94. The highest BCUT2D eigenvalue weighted by Gasteiger charge is 2.10. The molecule has 0 aliphatic heterocycles. The molecule has 0 unspecified atom stereocenters. The summed E-state index contributed by atoms with van der Waals surface area (Å²) in [7, 11) is 0. The summed E-state index contributed by atoms with van der Waals surface area (Å²) in [5.41, 5.74) is 11.7. The molecule has 5 nitrogen and oxygen atoms in total. The van der Waals surface area contributed by atoms with Crippen molar-refractivity contribution in [3.05, 3.63) is 48.0 Å². The maximum atomic E-state index is 7.38. The molecule has 0 aliphatic rings. The Labute approximate surface area is 105 Å². The number of nitrogens with zero attached hydrogens (tertiary/aromatic N) is 1. The quantitative estimate of drug-likeness (QED) is 0.472. The van der Waals surface area contributed by atoms with Crippen LogP contribution >= 0.6 is 0 Å². The van der Waals surface area contributed by atoms with E-state index in [1.54, 1.807) is 0 Å². The normalized spacial score (nSPS) is 10.2. The van der Waals surface area contributed by atoms with Gasteiger partial charge in [0.05, 0.1) is 6.54 Å². The molecule has 92 valence electrons. The van der Waals surface area contributed by atoms with Crippen molar-refractivity contribution in [1.82, 2.24) is 4.90 Å². The second-order valence-corrected chi connectivity index (χ2v) is 4.04. The van der Waals surface area contributed by atoms with Crippen LogP contribution in [0.4, 0.5) is 0 Å². The van der Waals surface area contributed by atoms with Crippen molar-refractivity contribution < 1.29 is 0 Å². The number of fused-ring (bicyclic) bond motifs is 1. The number of nitrogens with two attached hydrogens (primary N) is 2. The summed E-state index contributed by atoms with van der Waals surface area (Å²) in [5.74, 6) is -0.452. The minimum absolute atomic E-state index is 0.226. The van der Waals surface area contributed by atoms with Crippen LogP contribution < -0.4 is 11.5 Å². The van der Waals surface area contributed by atoms with Crippen LogP contribution in [0.5, 0.6) is 0 Å². The molecule has 0 heterocycles. The Morgan fingerprint density at radius 3 is 2.17 bits per heavy atom. The number of benzene rings is 2. The van der Waals surface area contributed by atoms with Gasteiger partial charge < -0.3 is 11.5 Å². The van der Waals surface area contributed by atoms with Crippen molar-refractivity contribution in [2.45, 2.75) is 6.54 Å². The van der Waals surface area contributed by atoms with Crippen LogP contribution in [0, 0.1) is 10.8 Å². The van der Waals surface area contributed by atoms with Gasteiger partial charge in [0.15, 0.2) is 11.9 Å². The Morgan fingerprint density at radius 2 is 1.56 bits per heavy atom. The molecular weight excluding hydrogens is 226 g/mol. The topological polar surface area (TPSA) is 103 Å². The molecular formula is C13H15N5. The number of hydrogen-bond donors (Lipinski definition) is 4. The molecule has 2 aromatic rings. The minimum atomic E-state index is -0.226. The summed E-state index contributed by atoms with van der Waals surface area (Å²) in [6.07, 6.45) is 0. The molecule has 0 saturated carbocycles. The van der Waals surface area contributed by atoms with E-state index in [4.69, 9.17) is 22.3 Å². The highest BCUT2D eigenvalue weighted by atomic mass is 15.3. The average molecular weight is 241 g/mol. The van der Waals surface area contributed by atoms with Crippen molar-refractivity contribution >= 4 is 22.7 Å². The van der Waals surface area contributed by atoms with E-state index < -0.39 is 0 Å². The lowest BCUT2D eigenvalue weighted by Gasteiger charge is -2.20. The van der Waals surface area contributed by atoms with E-state index in [0.29, 0.717) is 6.54 Å². The fourth-order valence-corrected chi connectivity index (χ4v) is 1.82. The largest absolute Gasteiger partial charge is 0.370 e. The van der Waals surface area contributed by atoms with E-state index in [9.17, 15) is 0 Å². The van der Waals surface area contributed by atoms with E-state index in [2.05, 4.69) is 0 Å². The smallest absolute Gasteiger partial charge is 0.195 e. The number of guanidine groups is 2. The second kappa shape index (κ2) is 4.75. The maximum absolute atomic E-state index is 7.38. The molecule has 0 aromatic heterocycles. The van der Waals surface area contributed by atoms with Gasteiger partial charge in [-0.3, -0.25) is 15.7 Å². The monoisotopic (exact) mass is 241 g/mol. The van der Waals surface area contributed by atoms with E-state index in [1.165, 1.54) is 4.90 Å². The zero-order valence-electron chi connectivity index (χ0n) is 9.85. The van der Waals surface area contributed by atoms with Gasteiger partial charge in [-0.2, -0.15) is 0 Å². The first-order valence-electron chi connectivity index (χ1n) is 5.51. The molecule has 18 heavy (non-hydrogen) atoms. The van der Waals surface area contributed by atoms with E-state index in [0.717, 1.165) is 16.3 Å². The van der Waals surface area contributed by atoms with Gasteiger partial charge >= 0.3 is 0 Å². The van der Waals surface area contributed by atoms with Crippen molar-refractivity contribution in [3.8, 4) is 0 Å². The van der Waals surface area contributed by atoms with Gasteiger partial charge in [0.1, 0.15) is 0 Å². The van der Waals surface area contributed by atoms with Gasteiger partial charge in [-0.05, 0) is 22.4 Å². The fraction of sp³-hybridized carbons (Fsp3) is 0.0769. The summed E-state index contributed by atoms with van der Waals surface area (Å²) >= 11 is 0. The van der Waals surface area contributed by atoms with Gasteiger partial charge in [-0.25, -0.2) is 0 Å². The van der Waals surface area contributed by atoms with Gasteiger partial charge in [0.25, 0.3) is 0 Å². The maximum Gasteiger partial charge on any atom is 0.195 e. The van der Waals surface area contributed by atoms with Crippen LogP contribution in [0.3, 0.4) is 0 Å².